The molecule has 0 unspecified atom stereocenters. The summed E-state index contributed by atoms with van der Waals surface area (Å²) in [5.41, 5.74) is -0.734. The van der Waals surface area contributed by atoms with E-state index in [-0.39, 0.29) is 24.0 Å². The number of rotatable bonds is 7. The summed E-state index contributed by atoms with van der Waals surface area (Å²) >= 11 is 0. The Hall–Kier alpha value is -2.15. The maximum atomic E-state index is 13.1. The largest absolute Gasteiger partial charge is 0.360 e. The smallest absolute Gasteiger partial charge is 0.235 e. The van der Waals surface area contributed by atoms with E-state index in [0.29, 0.717) is 18.1 Å². The second-order valence-electron chi connectivity index (χ2n) is 8.03. The highest BCUT2D eigenvalue weighted by Gasteiger charge is 2.67. The molecule has 1 N–H and O–H groups in total. The molecule has 0 aliphatic carbocycles. The number of anilines is 1. The number of aromatic nitrogens is 1. The average molecular weight is 373 g/mol. The Morgan fingerprint density at radius 3 is 3.00 bits per heavy atom. The van der Waals surface area contributed by atoms with Crippen LogP contribution in [0.3, 0.4) is 0 Å². The first-order valence-electron chi connectivity index (χ1n) is 9.87. The number of fused-ring (bicyclic) bond motifs is 1. The summed E-state index contributed by atoms with van der Waals surface area (Å²) < 4.78 is 11.2. The second-order valence-corrected chi connectivity index (χ2v) is 8.03. The molecule has 5 atom stereocenters. The highest BCUT2D eigenvalue weighted by Crippen LogP contribution is 2.52. The minimum atomic E-state index is -0.734. The summed E-state index contributed by atoms with van der Waals surface area (Å²) in [6.07, 6.45) is 7.89. The number of hydrogen-bond donors (Lipinski definition) is 1. The molecule has 4 heterocycles. The van der Waals surface area contributed by atoms with Crippen molar-refractivity contribution in [3.05, 3.63) is 24.0 Å². The van der Waals surface area contributed by atoms with E-state index < -0.39 is 17.4 Å². The quantitative estimate of drug-likeness (QED) is 0.586. The minimum absolute atomic E-state index is 0.0910. The first-order chi connectivity index (χ1) is 12.9. The Balaban J connectivity index is 1.50. The van der Waals surface area contributed by atoms with Crippen molar-refractivity contribution < 1.29 is 18.8 Å². The van der Waals surface area contributed by atoms with Crippen LogP contribution in [0, 0.1) is 18.8 Å². The number of ether oxygens (including phenoxy) is 1. The van der Waals surface area contributed by atoms with Gasteiger partial charge >= 0.3 is 0 Å². The van der Waals surface area contributed by atoms with E-state index in [0.717, 1.165) is 25.7 Å². The molecule has 7 nitrogen and oxygen atoms in total. The number of hydrogen-bond acceptors (Lipinski definition) is 5. The van der Waals surface area contributed by atoms with Crippen LogP contribution in [0.1, 0.15) is 45.3 Å². The molecule has 3 aliphatic heterocycles. The summed E-state index contributed by atoms with van der Waals surface area (Å²) in [6, 6.07) is 1.82. The van der Waals surface area contributed by atoms with Crippen molar-refractivity contribution in [2.75, 3.05) is 11.4 Å². The summed E-state index contributed by atoms with van der Waals surface area (Å²) in [7, 11) is 0. The van der Waals surface area contributed by atoms with Crippen molar-refractivity contribution in [1.82, 2.24) is 10.5 Å². The lowest BCUT2D eigenvalue weighted by molar-refractivity contribution is -0.132. The fourth-order valence-corrected chi connectivity index (χ4v) is 4.58. The van der Waals surface area contributed by atoms with E-state index in [1.165, 1.54) is 0 Å². The molecule has 27 heavy (non-hydrogen) atoms. The Morgan fingerprint density at radius 2 is 2.30 bits per heavy atom. The second kappa shape index (κ2) is 6.78. The van der Waals surface area contributed by atoms with Crippen molar-refractivity contribution >= 4 is 17.6 Å². The third kappa shape index (κ3) is 2.98. The molecular weight excluding hydrogens is 346 g/mol. The van der Waals surface area contributed by atoms with Crippen LogP contribution in [0.25, 0.3) is 0 Å². The van der Waals surface area contributed by atoms with Crippen molar-refractivity contribution in [3.8, 4) is 0 Å². The zero-order valence-electron chi connectivity index (χ0n) is 16.1. The molecule has 2 fully saturated rings. The third-order valence-electron chi connectivity index (χ3n) is 5.92. The Morgan fingerprint density at radius 1 is 1.48 bits per heavy atom. The number of unbranched alkanes of at least 4 members (excludes halogenated alkanes) is 2. The molecule has 0 saturated carbocycles. The fourth-order valence-electron chi connectivity index (χ4n) is 4.58. The Kier molecular flexibility index (Phi) is 4.58. The standard InChI is InChI=1S/C20H27N3O4/c1-4-5-6-7-12(2)21-18(24)16-14-8-9-20(26-14)11-23(19(25)17(16)20)15-10-13(3)27-22-15/h8-10,12,14,16-17H,4-7,11H2,1-3H3,(H,21,24)/t12-,14+,16-,17+,20-/m0/s1. The number of carbonyl (C=O) groups is 2. The summed E-state index contributed by atoms with van der Waals surface area (Å²) in [6.45, 7) is 6.34. The molecule has 3 aliphatic rings. The predicted molar refractivity (Wildman–Crippen MR) is 99.1 cm³/mol. The van der Waals surface area contributed by atoms with Crippen molar-refractivity contribution in [1.29, 1.82) is 0 Å². The molecule has 4 rings (SSSR count). The number of nitrogens with zero attached hydrogens (tertiary/aromatic N) is 2. The first-order valence-corrected chi connectivity index (χ1v) is 9.87. The van der Waals surface area contributed by atoms with Crippen LogP contribution in [0.4, 0.5) is 5.82 Å². The maximum absolute atomic E-state index is 13.1. The molecule has 0 radical (unpaired) electrons. The first kappa shape index (κ1) is 18.2. The highest BCUT2D eigenvalue weighted by atomic mass is 16.5. The lowest BCUT2D eigenvalue weighted by Gasteiger charge is -2.25. The number of nitrogens with one attached hydrogen (secondary N) is 1. The van der Waals surface area contributed by atoms with Gasteiger partial charge in [0.15, 0.2) is 5.82 Å². The topological polar surface area (TPSA) is 84.7 Å². The maximum Gasteiger partial charge on any atom is 0.235 e. The highest BCUT2D eigenvalue weighted by molar-refractivity contribution is 6.02. The van der Waals surface area contributed by atoms with Crippen molar-refractivity contribution in [2.45, 2.75) is 64.2 Å². The van der Waals surface area contributed by atoms with Gasteiger partial charge in [-0.3, -0.25) is 14.5 Å². The monoisotopic (exact) mass is 373 g/mol. The lowest BCUT2D eigenvalue weighted by Crippen LogP contribution is -2.46. The van der Waals surface area contributed by atoms with Crippen LogP contribution in [-0.4, -0.2) is 41.3 Å². The van der Waals surface area contributed by atoms with Crippen LogP contribution in [0.2, 0.25) is 0 Å². The summed E-state index contributed by atoms with van der Waals surface area (Å²) in [4.78, 5) is 27.7. The molecular formula is C20H27N3O4. The molecule has 1 spiro atoms. The average Bonchev–Trinajstić information content (AvgIpc) is 3.36. The van der Waals surface area contributed by atoms with E-state index in [1.807, 2.05) is 19.1 Å². The van der Waals surface area contributed by atoms with E-state index in [9.17, 15) is 9.59 Å². The van der Waals surface area contributed by atoms with Crippen LogP contribution in [0.5, 0.6) is 0 Å². The Labute approximate surface area is 159 Å². The zero-order chi connectivity index (χ0) is 19.2. The van der Waals surface area contributed by atoms with Crippen LogP contribution in [0.15, 0.2) is 22.7 Å². The minimum Gasteiger partial charge on any atom is -0.360 e. The van der Waals surface area contributed by atoms with Gasteiger partial charge in [-0.1, -0.05) is 43.5 Å². The molecule has 2 amide bonds. The fraction of sp³-hybridized carbons (Fsp3) is 0.650. The van der Waals surface area contributed by atoms with Gasteiger partial charge in [0.05, 0.1) is 24.5 Å². The molecule has 2 bridgehead atoms. The van der Waals surface area contributed by atoms with Crippen LogP contribution < -0.4 is 10.2 Å². The van der Waals surface area contributed by atoms with Gasteiger partial charge in [0.2, 0.25) is 11.8 Å². The van der Waals surface area contributed by atoms with E-state index in [4.69, 9.17) is 9.26 Å². The number of amides is 2. The normalized spacial score (nSPS) is 32.2. The van der Waals surface area contributed by atoms with E-state index in [2.05, 4.69) is 17.4 Å². The molecule has 146 valence electrons. The molecule has 2 saturated heterocycles. The molecule has 7 heteroatoms. The summed E-state index contributed by atoms with van der Waals surface area (Å²) in [5, 5.41) is 7.06. The molecule has 1 aromatic rings. The predicted octanol–water partition coefficient (Wildman–Crippen LogP) is 2.35. The van der Waals surface area contributed by atoms with Crippen molar-refractivity contribution in [3.63, 3.8) is 0 Å². The number of aryl methyl sites for hydroxylation is 1. The molecule has 1 aromatic heterocycles. The lowest BCUT2D eigenvalue weighted by atomic mass is 9.76. The van der Waals surface area contributed by atoms with Gasteiger partial charge in [-0.2, -0.15) is 0 Å². The van der Waals surface area contributed by atoms with Crippen LogP contribution in [-0.2, 0) is 14.3 Å². The summed E-state index contributed by atoms with van der Waals surface area (Å²) in [5.74, 6) is -0.0840. The zero-order valence-corrected chi connectivity index (χ0v) is 16.1. The van der Waals surface area contributed by atoms with Gasteiger partial charge in [0.1, 0.15) is 11.4 Å². The van der Waals surface area contributed by atoms with Gasteiger partial charge in [-0.25, -0.2) is 0 Å². The van der Waals surface area contributed by atoms with Crippen LogP contribution >= 0.6 is 0 Å². The van der Waals surface area contributed by atoms with E-state index >= 15 is 0 Å². The van der Waals surface area contributed by atoms with Gasteiger partial charge < -0.3 is 14.6 Å². The van der Waals surface area contributed by atoms with Gasteiger partial charge in [-0.05, 0) is 20.3 Å². The molecule has 0 aromatic carbocycles. The van der Waals surface area contributed by atoms with Gasteiger partial charge in [0.25, 0.3) is 0 Å². The van der Waals surface area contributed by atoms with Crippen molar-refractivity contribution in [2.24, 2.45) is 11.8 Å². The van der Waals surface area contributed by atoms with Gasteiger partial charge in [0, 0.05) is 12.1 Å². The Bertz CT molecular complexity index is 773. The third-order valence-corrected chi connectivity index (χ3v) is 5.92. The SMILES string of the molecule is CCCCC[C@H](C)NC(=O)[C@H]1[C@H]2C=C[C@@]3(CN(c4cc(C)on4)C(=O)[C@@H]13)O2. The van der Waals surface area contributed by atoms with Gasteiger partial charge in [-0.15, -0.1) is 0 Å². The van der Waals surface area contributed by atoms with E-state index in [1.54, 1.807) is 17.9 Å². The number of carbonyl (C=O) groups excluding carboxylic acids is 2.